The van der Waals surface area contributed by atoms with E-state index in [1.54, 1.807) is 7.11 Å². The topological polar surface area (TPSA) is 30.5 Å². The number of nitrogens with one attached hydrogen (secondary N) is 1. The third-order valence-corrected chi connectivity index (χ3v) is 3.20. The number of hydrogen-bond donors (Lipinski definition) is 1. The van der Waals surface area contributed by atoms with Crippen molar-refractivity contribution in [2.45, 2.75) is 25.8 Å². The van der Waals surface area contributed by atoms with E-state index in [4.69, 9.17) is 9.47 Å². The van der Waals surface area contributed by atoms with Crippen LogP contribution in [0.15, 0.2) is 24.3 Å². The molecule has 3 heteroatoms. The highest BCUT2D eigenvalue weighted by atomic mass is 16.5. The van der Waals surface area contributed by atoms with Crippen LogP contribution in [0.4, 0.5) is 0 Å². The van der Waals surface area contributed by atoms with Gasteiger partial charge in [-0.05, 0) is 37.8 Å². The Kier molecular flexibility index (Phi) is 5.49. The Balaban J connectivity index is 1.53. The minimum absolute atomic E-state index is 0.854. The van der Waals surface area contributed by atoms with Gasteiger partial charge in [-0.1, -0.05) is 18.2 Å². The third kappa shape index (κ3) is 4.67. The maximum atomic E-state index is 5.59. The van der Waals surface area contributed by atoms with Gasteiger partial charge in [0.05, 0.1) is 7.11 Å². The third-order valence-electron chi connectivity index (χ3n) is 3.20. The van der Waals surface area contributed by atoms with Crippen LogP contribution in [0, 0.1) is 5.92 Å². The highest BCUT2D eigenvalue weighted by Gasteiger charge is 2.20. The van der Waals surface area contributed by atoms with Gasteiger partial charge in [0, 0.05) is 25.3 Å². The number of methoxy groups -OCH3 is 1. The molecule has 1 N–H and O–H groups in total. The van der Waals surface area contributed by atoms with Gasteiger partial charge < -0.3 is 14.8 Å². The fourth-order valence-corrected chi connectivity index (χ4v) is 1.91. The molecule has 1 aromatic rings. The molecule has 1 aliphatic carbocycles. The van der Waals surface area contributed by atoms with Crippen LogP contribution in [0.1, 0.15) is 24.8 Å². The van der Waals surface area contributed by atoms with Crippen molar-refractivity contribution < 1.29 is 9.47 Å². The van der Waals surface area contributed by atoms with E-state index >= 15 is 0 Å². The van der Waals surface area contributed by atoms with E-state index in [0.717, 1.165) is 44.4 Å². The second-order valence-corrected chi connectivity index (χ2v) is 4.86. The second-order valence-electron chi connectivity index (χ2n) is 4.86. The van der Waals surface area contributed by atoms with Gasteiger partial charge in [-0.25, -0.2) is 0 Å². The van der Waals surface area contributed by atoms with Gasteiger partial charge in [0.1, 0.15) is 5.75 Å². The van der Waals surface area contributed by atoms with E-state index < -0.39 is 0 Å². The normalized spacial score (nSPS) is 14.7. The molecular weight excluding hydrogens is 226 g/mol. The Bertz CT molecular complexity index is 350. The lowest BCUT2D eigenvalue weighted by atomic mass is 10.2. The average Bonchev–Trinajstić information content (AvgIpc) is 3.22. The van der Waals surface area contributed by atoms with Crippen molar-refractivity contribution >= 4 is 0 Å². The van der Waals surface area contributed by atoms with Crippen LogP contribution in [0.2, 0.25) is 0 Å². The van der Waals surface area contributed by atoms with Crippen LogP contribution in [0.25, 0.3) is 0 Å². The molecule has 0 heterocycles. The van der Waals surface area contributed by atoms with E-state index in [9.17, 15) is 0 Å². The predicted molar refractivity (Wildman–Crippen MR) is 72.9 cm³/mol. The van der Waals surface area contributed by atoms with Gasteiger partial charge >= 0.3 is 0 Å². The number of ether oxygens (including phenoxy) is 2. The van der Waals surface area contributed by atoms with Gasteiger partial charge in [-0.3, -0.25) is 0 Å². The molecule has 1 aliphatic rings. The van der Waals surface area contributed by atoms with Crippen LogP contribution >= 0.6 is 0 Å². The lowest BCUT2D eigenvalue weighted by Crippen LogP contribution is -2.17. The van der Waals surface area contributed by atoms with Crippen molar-refractivity contribution in [3.8, 4) is 5.75 Å². The molecule has 0 spiro atoms. The molecule has 1 fully saturated rings. The lowest BCUT2D eigenvalue weighted by Gasteiger charge is -2.09. The van der Waals surface area contributed by atoms with Crippen molar-refractivity contribution in [2.24, 2.45) is 5.92 Å². The van der Waals surface area contributed by atoms with Crippen molar-refractivity contribution in [1.29, 1.82) is 0 Å². The Hall–Kier alpha value is -1.06. The van der Waals surface area contributed by atoms with Crippen molar-refractivity contribution in [3.05, 3.63) is 29.8 Å². The molecule has 0 atom stereocenters. The minimum Gasteiger partial charge on any atom is -0.496 e. The first-order valence-electron chi connectivity index (χ1n) is 6.80. The van der Waals surface area contributed by atoms with E-state index in [-0.39, 0.29) is 0 Å². The lowest BCUT2D eigenvalue weighted by molar-refractivity contribution is 0.122. The zero-order valence-corrected chi connectivity index (χ0v) is 11.2. The summed E-state index contributed by atoms with van der Waals surface area (Å²) >= 11 is 0. The quantitative estimate of drug-likeness (QED) is 0.682. The van der Waals surface area contributed by atoms with Crippen LogP contribution < -0.4 is 10.1 Å². The molecule has 100 valence electrons. The highest BCUT2D eigenvalue weighted by Crippen LogP contribution is 2.28. The fourth-order valence-electron chi connectivity index (χ4n) is 1.91. The monoisotopic (exact) mass is 249 g/mol. The van der Waals surface area contributed by atoms with Gasteiger partial charge in [-0.2, -0.15) is 0 Å². The number of rotatable bonds is 9. The summed E-state index contributed by atoms with van der Waals surface area (Å²) in [7, 11) is 1.71. The van der Waals surface area contributed by atoms with Crippen LogP contribution in [-0.2, 0) is 11.3 Å². The van der Waals surface area contributed by atoms with Gasteiger partial charge in [0.25, 0.3) is 0 Å². The SMILES string of the molecule is COc1ccccc1CNCCCOCC1CC1. The van der Waals surface area contributed by atoms with E-state index in [2.05, 4.69) is 11.4 Å². The first kappa shape index (κ1) is 13.4. The standard InChI is InChI=1S/C15H23NO2/c1-17-15-6-3-2-5-14(15)11-16-9-4-10-18-12-13-7-8-13/h2-3,5-6,13,16H,4,7-12H2,1H3. The first-order valence-corrected chi connectivity index (χ1v) is 6.80. The van der Waals surface area contributed by atoms with E-state index in [1.807, 2.05) is 18.2 Å². The summed E-state index contributed by atoms with van der Waals surface area (Å²) in [6.45, 7) is 3.68. The molecule has 2 rings (SSSR count). The van der Waals surface area contributed by atoms with Crippen molar-refractivity contribution in [3.63, 3.8) is 0 Å². The molecule has 0 amide bonds. The zero-order valence-electron chi connectivity index (χ0n) is 11.2. The first-order chi connectivity index (χ1) is 8.90. The van der Waals surface area contributed by atoms with Crippen molar-refractivity contribution in [2.75, 3.05) is 26.9 Å². The molecule has 3 nitrogen and oxygen atoms in total. The maximum Gasteiger partial charge on any atom is 0.123 e. The molecule has 0 aliphatic heterocycles. The average molecular weight is 249 g/mol. The minimum atomic E-state index is 0.854. The summed E-state index contributed by atoms with van der Waals surface area (Å²) in [5.74, 6) is 1.82. The maximum absolute atomic E-state index is 5.59. The molecule has 0 saturated heterocycles. The molecule has 0 aromatic heterocycles. The van der Waals surface area contributed by atoms with Gasteiger partial charge in [-0.15, -0.1) is 0 Å². The number of benzene rings is 1. The molecule has 1 aromatic carbocycles. The van der Waals surface area contributed by atoms with Crippen LogP contribution in [-0.4, -0.2) is 26.9 Å². The number of hydrogen-bond acceptors (Lipinski definition) is 3. The van der Waals surface area contributed by atoms with Crippen LogP contribution in [0.5, 0.6) is 5.75 Å². The Morgan fingerprint density at radius 3 is 2.89 bits per heavy atom. The molecule has 1 saturated carbocycles. The summed E-state index contributed by atoms with van der Waals surface area (Å²) < 4.78 is 10.9. The summed E-state index contributed by atoms with van der Waals surface area (Å²) in [5, 5.41) is 3.42. The fraction of sp³-hybridized carbons (Fsp3) is 0.600. The molecule has 0 bridgehead atoms. The zero-order chi connectivity index (χ0) is 12.6. The summed E-state index contributed by atoms with van der Waals surface area (Å²) in [4.78, 5) is 0. The van der Waals surface area contributed by atoms with E-state index in [1.165, 1.54) is 18.4 Å². The second kappa shape index (κ2) is 7.39. The Labute approximate surface area is 109 Å². The smallest absolute Gasteiger partial charge is 0.123 e. The molecule has 0 radical (unpaired) electrons. The molecular formula is C15H23NO2. The number of para-hydroxylation sites is 1. The van der Waals surface area contributed by atoms with Gasteiger partial charge in [0.15, 0.2) is 0 Å². The van der Waals surface area contributed by atoms with Gasteiger partial charge in [0.2, 0.25) is 0 Å². The molecule has 18 heavy (non-hydrogen) atoms. The highest BCUT2D eigenvalue weighted by molar-refractivity contribution is 5.32. The van der Waals surface area contributed by atoms with Crippen LogP contribution in [0.3, 0.4) is 0 Å². The summed E-state index contributed by atoms with van der Waals surface area (Å²) in [5.41, 5.74) is 1.21. The Morgan fingerprint density at radius 1 is 1.28 bits per heavy atom. The summed E-state index contributed by atoms with van der Waals surface area (Å²) in [6.07, 6.45) is 3.81. The van der Waals surface area contributed by atoms with Crippen molar-refractivity contribution in [1.82, 2.24) is 5.32 Å². The van der Waals surface area contributed by atoms with E-state index in [0.29, 0.717) is 0 Å². The Morgan fingerprint density at radius 2 is 2.11 bits per heavy atom. The molecule has 0 unspecified atom stereocenters. The summed E-state index contributed by atoms with van der Waals surface area (Å²) in [6, 6.07) is 8.12. The largest absolute Gasteiger partial charge is 0.496 e. The predicted octanol–water partition coefficient (Wildman–Crippen LogP) is 2.60.